The third kappa shape index (κ3) is 21.6. The van der Waals surface area contributed by atoms with Crippen molar-refractivity contribution in [3.05, 3.63) is 58.7 Å². The number of aliphatic carboxylic acids is 1. The molecule has 0 aliphatic carbocycles. The lowest BCUT2D eigenvalue weighted by atomic mass is 10.1. The Morgan fingerprint density at radius 3 is 2.30 bits per heavy atom. The van der Waals surface area contributed by atoms with E-state index in [-0.39, 0.29) is 13.0 Å². The van der Waals surface area contributed by atoms with Gasteiger partial charge < -0.3 is 9.94 Å². The monoisotopic (exact) mass is 379 g/mol. The van der Waals surface area contributed by atoms with E-state index in [1.54, 1.807) is 0 Å². The minimum atomic E-state index is -0.745. The number of rotatable bonds is 17. The molecule has 0 aliphatic rings. The number of nitrogens with zero attached hydrogens (tertiary/aromatic N) is 1. The SMILES string of the molecule is CC(/C=C\C/C=C\C/C=C\CCCC(=O)O)/C=C\CCCCCO[N+](=O)[O-]. The predicted molar refractivity (Wildman–Crippen MR) is 108 cm³/mol. The molecule has 6 heteroatoms. The van der Waals surface area contributed by atoms with Crippen LogP contribution in [0, 0.1) is 16.0 Å². The third-order valence-corrected chi connectivity index (χ3v) is 3.73. The largest absolute Gasteiger partial charge is 0.481 e. The van der Waals surface area contributed by atoms with Crippen LogP contribution in [0.2, 0.25) is 0 Å². The van der Waals surface area contributed by atoms with E-state index in [2.05, 4.69) is 54.3 Å². The van der Waals surface area contributed by atoms with Crippen LogP contribution in [-0.2, 0) is 9.63 Å². The Morgan fingerprint density at radius 1 is 0.963 bits per heavy atom. The van der Waals surface area contributed by atoms with Gasteiger partial charge >= 0.3 is 5.97 Å². The Labute approximate surface area is 162 Å². The summed E-state index contributed by atoms with van der Waals surface area (Å²) in [5.41, 5.74) is 0. The average molecular weight is 379 g/mol. The van der Waals surface area contributed by atoms with Crippen molar-refractivity contribution >= 4 is 5.97 Å². The highest BCUT2D eigenvalue weighted by molar-refractivity contribution is 5.66. The third-order valence-electron chi connectivity index (χ3n) is 3.73. The van der Waals surface area contributed by atoms with Crippen LogP contribution in [0.25, 0.3) is 0 Å². The van der Waals surface area contributed by atoms with Crippen LogP contribution >= 0.6 is 0 Å². The van der Waals surface area contributed by atoms with Crippen molar-refractivity contribution in [3.8, 4) is 0 Å². The maximum absolute atomic E-state index is 10.4. The molecule has 0 aromatic rings. The zero-order valence-corrected chi connectivity index (χ0v) is 16.3. The van der Waals surface area contributed by atoms with Gasteiger partial charge in [-0.3, -0.25) is 4.79 Å². The molecule has 6 nitrogen and oxygen atoms in total. The van der Waals surface area contributed by atoms with Crippen molar-refractivity contribution in [2.45, 2.75) is 64.7 Å². The van der Waals surface area contributed by atoms with Gasteiger partial charge in [0.2, 0.25) is 0 Å². The van der Waals surface area contributed by atoms with Gasteiger partial charge in [-0.15, -0.1) is 10.1 Å². The number of carbonyl (C=O) groups is 1. The number of hydrogen-bond donors (Lipinski definition) is 1. The van der Waals surface area contributed by atoms with Gasteiger partial charge in [0.15, 0.2) is 0 Å². The van der Waals surface area contributed by atoms with Crippen molar-refractivity contribution in [3.63, 3.8) is 0 Å². The minimum absolute atomic E-state index is 0.184. The summed E-state index contributed by atoms with van der Waals surface area (Å²) in [5, 5.41) is 17.8. The Bertz CT molecular complexity index is 509. The first-order valence-corrected chi connectivity index (χ1v) is 9.64. The molecule has 0 bridgehead atoms. The van der Waals surface area contributed by atoms with E-state index in [0.717, 1.165) is 38.5 Å². The lowest BCUT2D eigenvalue weighted by Crippen LogP contribution is -2.01. The quantitative estimate of drug-likeness (QED) is 0.153. The molecule has 0 saturated heterocycles. The van der Waals surface area contributed by atoms with Crippen LogP contribution < -0.4 is 0 Å². The first-order chi connectivity index (χ1) is 13.0. The van der Waals surface area contributed by atoms with E-state index in [0.29, 0.717) is 18.8 Å². The molecule has 0 rings (SSSR count). The number of hydrogen-bond acceptors (Lipinski definition) is 4. The first kappa shape index (κ1) is 24.6. The fourth-order valence-corrected chi connectivity index (χ4v) is 2.28. The van der Waals surface area contributed by atoms with E-state index in [4.69, 9.17) is 5.11 Å². The van der Waals surface area contributed by atoms with Gasteiger partial charge in [-0.1, -0.05) is 62.0 Å². The van der Waals surface area contributed by atoms with Crippen LogP contribution in [0.5, 0.6) is 0 Å². The van der Waals surface area contributed by atoms with Gasteiger partial charge in [0, 0.05) is 6.42 Å². The Hall–Kier alpha value is -2.37. The highest BCUT2D eigenvalue weighted by Crippen LogP contribution is 2.06. The molecular weight excluding hydrogens is 346 g/mol. The molecular formula is C21H33NO5. The predicted octanol–water partition coefficient (Wildman–Crippen LogP) is 5.65. The van der Waals surface area contributed by atoms with Gasteiger partial charge in [-0.05, 0) is 50.9 Å². The van der Waals surface area contributed by atoms with E-state index >= 15 is 0 Å². The molecule has 1 atom stereocenters. The Morgan fingerprint density at radius 2 is 1.59 bits per heavy atom. The second-order valence-electron chi connectivity index (χ2n) is 6.32. The Balaban J connectivity index is 3.59. The molecule has 0 heterocycles. The van der Waals surface area contributed by atoms with Gasteiger partial charge in [-0.2, -0.15) is 0 Å². The number of unbranched alkanes of at least 4 members (excludes halogenated alkanes) is 4. The van der Waals surface area contributed by atoms with E-state index < -0.39 is 11.1 Å². The molecule has 152 valence electrons. The molecule has 0 fully saturated rings. The van der Waals surface area contributed by atoms with Crippen LogP contribution in [0.3, 0.4) is 0 Å². The molecule has 0 amide bonds. The number of carboxylic acid groups (broad SMARTS) is 1. The second-order valence-corrected chi connectivity index (χ2v) is 6.32. The van der Waals surface area contributed by atoms with Crippen molar-refractivity contribution in [2.75, 3.05) is 6.61 Å². The number of carboxylic acids is 1. The normalized spacial score (nSPS) is 13.2. The first-order valence-electron chi connectivity index (χ1n) is 9.64. The van der Waals surface area contributed by atoms with E-state index in [1.807, 2.05) is 6.08 Å². The molecule has 0 aliphatic heterocycles. The maximum Gasteiger partial charge on any atom is 0.303 e. The van der Waals surface area contributed by atoms with Crippen molar-refractivity contribution < 1.29 is 19.8 Å². The summed E-state index contributed by atoms with van der Waals surface area (Å²) in [5.74, 6) is -0.343. The summed E-state index contributed by atoms with van der Waals surface area (Å²) in [4.78, 5) is 24.6. The summed E-state index contributed by atoms with van der Waals surface area (Å²) < 4.78 is 0. The highest BCUT2D eigenvalue weighted by Gasteiger charge is 1.94. The lowest BCUT2D eigenvalue weighted by molar-refractivity contribution is -0.757. The summed E-state index contributed by atoms with van der Waals surface area (Å²) in [6.45, 7) is 2.32. The van der Waals surface area contributed by atoms with Gasteiger partial charge in [-0.25, -0.2) is 0 Å². The molecule has 0 aromatic heterocycles. The molecule has 27 heavy (non-hydrogen) atoms. The van der Waals surface area contributed by atoms with Gasteiger partial charge in [0.25, 0.3) is 5.09 Å². The maximum atomic E-state index is 10.4. The molecule has 0 spiro atoms. The molecule has 1 N–H and O–H groups in total. The van der Waals surface area contributed by atoms with E-state index in [9.17, 15) is 14.9 Å². The fraction of sp³-hybridized carbons (Fsp3) is 0.571. The van der Waals surface area contributed by atoms with Crippen molar-refractivity contribution in [1.29, 1.82) is 0 Å². The molecule has 0 radical (unpaired) electrons. The Kier molecular flexibility index (Phi) is 16.8. The summed E-state index contributed by atoms with van der Waals surface area (Å²) in [6.07, 6.45) is 24.2. The van der Waals surface area contributed by atoms with Crippen molar-refractivity contribution in [1.82, 2.24) is 0 Å². The summed E-state index contributed by atoms with van der Waals surface area (Å²) in [7, 11) is 0. The lowest BCUT2D eigenvalue weighted by Gasteiger charge is -1.99. The fourth-order valence-electron chi connectivity index (χ4n) is 2.28. The van der Waals surface area contributed by atoms with Crippen LogP contribution in [0.15, 0.2) is 48.6 Å². The second kappa shape index (κ2) is 18.4. The molecule has 1 unspecified atom stereocenters. The molecule has 0 saturated carbocycles. The minimum Gasteiger partial charge on any atom is -0.481 e. The van der Waals surface area contributed by atoms with Crippen LogP contribution in [0.4, 0.5) is 0 Å². The van der Waals surface area contributed by atoms with Crippen LogP contribution in [0.1, 0.15) is 64.7 Å². The molecule has 0 aromatic carbocycles. The van der Waals surface area contributed by atoms with E-state index in [1.165, 1.54) is 0 Å². The summed E-state index contributed by atoms with van der Waals surface area (Å²) in [6, 6.07) is 0. The zero-order chi connectivity index (χ0) is 20.2. The van der Waals surface area contributed by atoms with Gasteiger partial charge in [0.1, 0.15) is 0 Å². The average Bonchev–Trinajstić information content (AvgIpc) is 2.61. The van der Waals surface area contributed by atoms with Crippen molar-refractivity contribution in [2.24, 2.45) is 5.92 Å². The zero-order valence-electron chi connectivity index (χ0n) is 16.3. The summed E-state index contributed by atoms with van der Waals surface area (Å²) >= 11 is 0. The number of allylic oxidation sites excluding steroid dienone is 8. The van der Waals surface area contributed by atoms with Crippen LogP contribution in [-0.4, -0.2) is 22.8 Å². The topological polar surface area (TPSA) is 89.7 Å². The highest BCUT2D eigenvalue weighted by atomic mass is 16.9. The smallest absolute Gasteiger partial charge is 0.303 e. The van der Waals surface area contributed by atoms with Gasteiger partial charge in [0.05, 0.1) is 6.61 Å². The standard InChI is InChI=1S/C21H33NO5/c1-20(17-13-9-7-11-15-19-27-22(25)26)16-12-8-5-3-2-4-6-10-14-18-21(23)24/h3-6,12-13,16-17,20H,2,7-11,14-15,18-19H2,1H3,(H,23,24)/b5-3-,6-4-,16-12-,17-13-.